The predicted octanol–water partition coefficient (Wildman–Crippen LogP) is -1.48. The van der Waals surface area contributed by atoms with Gasteiger partial charge in [-0.15, -0.1) is 0 Å². The van der Waals surface area contributed by atoms with Gasteiger partial charge >= 0.3 is 29.6 Å². The summed E-state index contributed by atoms with van der Waals surface area (Å²) in [6, 6.07) is 3.96. The van der Waals surface area contributed by atoms with E-state index in [4.69, 9.17) is 0 Å². The molecule has 2 heteroatoms. The maximum absolute atomic E-state index is 3.01. The smallest absolute Gasteiger partial charge is 0.271 e. The Morgan fingerprint density at radius 1 is 1.50 bits per heavy atom. The van der Waals surface area contributed by atoms with Gasteiger partial charge in [-0.2, -0.15) is 17.7 Å². The van der Waals surface area contributed by atoms with Gasteiger partial charge in [0.2, 0.25) is 0 Å². The van der Waals surface area contributed by atoms with Crippen LogP contribution in [0.15, 0.2) is 17.9 Å². The average molecular weight is 106 g/mol. The van der Waals surface area contributed by atoms with Crippen LogP contribution in [0.1, 0.15) is 0 Å². The third-order valence-corrected chi connectivity index (χ3v) is 1.13. The summed E-state index contributed by atoms with van der Waals surface area (Å²) >= 11 is 0. The van der Waals surface area contributed by atoms with Crippen LogP contribution in [0, 0.1) is 5.80 Å². The van der Waals surface area contributed by atoms with Gasteiger partial charge in [0.15, 0.2) is 0 Å². The Kier molecular flexibility index (Phi) is 4.47. The molecule has 0 bridgehead atoms. The van der Waals surface area contributed by atoms with E-state index in [-0.39, 0.29) is 29.6 Å². The Balaban J connectivity index is 0.000000250. The summed E-state index contributed by atoms with van der Waals surface area (Å²) in [5.41, 5.74) is 0. The Hall–Kier alpha value is 0.780. The maximum Gasteiger partial charge on any atom is 1.00 e. The SMILES string of the molecule is [Na+].[c-]1ccc[pH]1. The van der Waals surface area contributed by atoms with Crippen molar-refractivity contribution in [2.45, 2.75) is 0 Å². The van der Waals surface area contributed by atoms with Gasteiger partial charge in [-0.1, -0.05) is 0 Å². The van der Waals surface area contributed by atoms with E-state index in [1.54, 1.807) is 0 Å². The standard InChI is InChI=1S/C4H4P.Na/c1-2-4-5-3-1;/h1-3,5H;/q-1;+1. The summed E-state index contributed by atoms with van der Waals surface area (Å²) in [6.45, 7) is 0. The molecule has 0 aliphatic rings. The van der Waals surface area contributed by atoms with Gasteiger partial charge in [0, 0.05) is 0 Å². The summed E-state index contributed by atoms with van der Waals surface area (Å²) in [5, 5.41) is 0. The van der Waals surface area contributed by atoms with Crippen molar-refractivity contribution in [2.75, 3.05) is 0 Å². The van der Waals surface area contributed by atoms with E-state index in [0.717, 1.165) is 8.19 Å². The summed E-state index contributed by atoms with van der Waals surface area (Å²) in [5.74, 6) is 5.11. The monoisotopic (exact) mass is 106 g/mol. The van der Waals surface area contributed by atoms with Gasteiger partial charge in [0.1, 0.15) is 0 Å². The summed E-state index contributed by atoms with van der Waals surface area (Å²) in [6.07, 6.45) is 0. The molecule has 26 valence electrons. The van der Waals surface area contributed by atoms with E-state index in [0.29, 0.717) is 0 Å². The molecule has 0 saturated carbocycles. The minimum atomic E-state index is 0. The molecular formula is C4H4NaP. The van der Waals surface area contributed by atoms with Crippen LogP contribution in [-0.4, -0.2) is 0 Å². The second-order valence-corrected chi connectivity index (χ2v) is 1.73. The van der Waals surface area contributed by atoms with E-state index in [9.17, 15) is 0 Å². The van der Waals surface area contributed by atoms with E-state index in [2.05, 4.69) is 11.6 Å². The predicted molar refractivity (Wildman–Crippen MR) is 24.8 cm³/mol. The summed E-state index contributed by atoms with van der Waals surface area (Å²) < 4.78 is 0. The first-order valence-electron chi connectivity index (χ1n) is 1.49. The molecule has 1 atom stereocenters. The first kappa shape index (κ1) is 6.78. The van der Waals surface area contributed by atoms with Gasteiger partial charge in [0.05, 0.1) is 0 Å². The molecule has 1 unspecified atom stereocenters. The van der Waals surface area contributed by atoms with Crippen LogP contribution in [0.3, 0.4) is 0 Å². The summed E-state index contributed by atoms with van der Waals surface area (Å²) in [4.78, 5) is 0. The van der Waals surface area contributed by atoms with Gasteiger partial charge in [-0.05, 0) is 0 Å². The van der Waals surface area contributed by atoms with Crippen molar-refractivity contribution in [3.8, 4) is 0 Å². The van der Waals surface area contributed by atoms with Gasteiger partial charge in [0.25, 0.3) is 0 Å². The molecule has 0 N–H and O–H groups in total. The average Bonchev–Trinajstić information content (AvgIpc) is 1.76. The fourth-order valence-electron chi connectivity index (χ4n) is 0.241. The molecule has 1 aromatic heterocycles. The fraction of sp³-hybridized carbons (Fsp3) is 0. The van der Waals surface area contributed by atoms with Crippen molar-refractivity contribution in [1.29, 1.82) is 0 Å². The quantitative estimate of drug-likeness (QED) is 0.279. The van der Waals surface area contributed by atoms with E-state index in [1.807, 2.05) is 12.1 Å². The van der Waals surface area contributed by atoms with E-state index < -0.39 is 0 Å². The molecule has 0 aliphatic heterocycles. The topological polar surface area (TPSA) is 0 Å². The largest absolute Gasteiger partial charge is 1.00 e. The molecule has 6 heavy (non-hydrogen) atoms. The van der Waals surface area contributed by atoms with Gasteiger partial charge in [-0.3, -0.25) is 8.19 Å². The minimum absolute atomic E-state index is 0. The first-order valence-corrected chi connectivity index (χ1v) is 2.57. The Bertz CT molecular complexity index is 64.0. The van der Waals surface area contributed by atoms with Crippen molar-refractivity contribution in [3.05, 3.63) is 23.7 Å². The van der Waals surface area contributed by atoms with Crippen molar-refractivity contribution in [3.63, 3.8) is 0 Å². The molecule has 1 aromatic rings. The Morgan fingerprint density at radius 3 is 2.50 bits per heavy atom. The summed E-state index contributed by atoms with van der Waals surface area (Å²) in [7, 11) is 0.823. The van der Waals surface area contributed by atoms with Crippen molar-refractivity contribution in [2.24, 2.45) is 0 Å². The third-order valence-electron chi connectivity index (χ3n) is 0.442. The molecular weight excluding hydrogens is 102 g/mol. The first-order chi connectivity index (χ1) is 2.50. The van der Waals surface area contributed by atoms with Crippen LogP contribution in [-0.2, 0) is 0 Å². The fourth-order valence-corrected chi connectivity index (χ4v) is 0.722. The molecule has 0 aliphatic carbocycles. The second kappa shape index (κ2) is 3.95. The normalized spacial score (nSPS) is 8.00. The molecule has 0 spiro atoms. The van der Waals surface area contributed by atoms with E-state index >= 15 is 0 Å². The zero-order valence-electron chi connectivity index (χ0n) is 3.73. The number of rotatable bonds is 0. The van der Waals surface area contributed by atoms with Crippen molar-refractivity contribution in [1.82, 2.24) is 0 Å². The molecule has 0 saturated heterocycles. The van der Waals surface area contributed by atoms with Crippen molar-refractivity contribution < 1.29 is 29.6 Å². The molecule has 0 fully saturated rings. The molecule has 1 heterocycles. The zero-order chi connectivity index (χ0) is 3.54. The third kappa shape index (κ3) is 2.04. The van der Waals surface area contributed by atoms with Crippen LogP contribution in [0.5, 0.6) is 0 Å². The van der Waals surface area contributed by atoms with Crippen LogP contribution in [0.4, 0.5) is 0 Å². The minimum Gasteiger partial charge on any atom is -0.271 e. The van der Waals surface area contributed by atoms with Gasteiger partial charge in [-0.25, -0.2) is 6.07 Å². The van der Waals surface area contributed by atoms with Crippen LogP contribution < -0.4 is 29.6 Å². The Morgan fingerprint density at radius 2 is 2.33 bits per heavy atom. The van der Waals surface area contributed by atoms with E-state index in [1.165, 1.54) is 0 Å². The van der Waals surface area contributed by atoms with Crippen LogP contribution >= 0.6 is 8.19 Å². The van der Waals surface area contributed by atoms with Gasteiger partial charge < -0.3 is 0 Å². The van der Waals surface area contributed by atoms with Crippen LogP contribution in [0.25, 0.3) is 0 Å². The molecule has 0 nitrogen and oxygen atoms in total. The zero-order valence-corrected chi connectivity index (χ0v) is 6.73. The Labute approximate surface area is 61.3 Å². The maximum atomic E-state index is 3.01. The van der Waals surface area contributed by atoms with Crippen LogP contribution in [0.2, 0.25) is 0 Å². The number of hydrogen-bond donors (Lipinski definition) is 0. The molecule has 1 rings (SSSR count). The second-order valence-electron chi connectivity index (χ2n) is 0.814. The number of hydrogen-bond acceptors (Lipinski definition) is 0. The van der Waals surface area contributed by atoms with Crippen molar-refractivity contribution >= 4 is 8.19 Å². The molecule has 0 aromatic carbocycles. The molecule has 0 radical (unpaired) electrons. The molecule has 0 amide bonds.